The Bertz CT molecular complexity index is 803. The molecule has 0 aromatic heterocycles. The molecule has 0 radical (unpaired) electrons. The monoisotopic (exact) mass is 400 g/mol. The van der Waals surface area contributed by atoms with E-state index in [2.05, 4.69) is 16.8 Å². The van der Waals surface area contributed by atoms with E-state index < -0.39 is 9.76 Å². The smallest absolute Gasteiger partial charge is 0.363 e. The Balaban J connectivity index is 2.24. The van der Waals surface area contributed by atoms with Gasteiger partial charge in [-0.15, -0.1) is 6.58 Å². The van der Waals surface area contributed by atoms with Crippen LogP contribution in [0, 0.1) is 5.82 Å². The molecule has 0 aliphatic heterocycles. The van der Waals surface area contributed by atoms with Crippen LogP contribution in [0.25, 0.3) is 0 Å². The second-order valence-corrected chi connectivity index (χ2v) is 7.13. The number of allylic oxidation sites excluding steroid dienone is 1. The number of hydrogen-bond acceptors (Lipinski definition) is 4. The molecule has 0 heterocycles. The Morgan fingerprint density at radius 2 is 1.72 bits per heavy atom. The number of esters is 1. The molecule has 0 N–H and O–H groups in total. The van der Waals surface area contributed by atoms with Crippen LogP contribution in [0.3, 0.4) is 0 Å². The molecular weight excluding hydrogens is 390 g/mol. The molecule has 0 saturated heterocycles. The number of hydrogen-bond donors (Lipinski definition) is 0. The summed E-state index contributed by atoms with van der Waals surface area (Å²) < 4.78 is 15.8. The van der Waals surface area contributed by atoms with E-state index >= 15 is 0 Å². The van der Waals surface area contributed by atoms with Crippen molar-refractivity contribution in [3.05, 3.63) is 66.5 Å². The first kappa shape index (κ1) is 19.4. The third kappa shape index (κ3) is 5.81. The van der Waals surface area contributed by atoms with Gasteiger partial charge >= 0.3 is 5.97 Å². The van der Waals surface area contributed by atoms with Gasteiger partial charge in [0, 0.05) is 5.56 Å². The minimum atomic E-state index is -2.17. The van der Waals surface area contributed by atoms with Gasteiger partial charge < -0.3 is 4.74 Å². The van der Waals surface area contributed by atoms with Crippen LogP contribution in [-0.4, -0.2) is 9.76 Å². The second-order valence-electron chi connectivity index (χ2n) is 4.85. The van der Waals surface area contributed by atoms with E-state index in [4.69, 9.17) is 39.5 Å². The highest BCUT2D eigenvalue weighted by atomic mass is 35.6. The zero-order valence-corrected chi connectivity index (χ0v) is 15.0. The van der Waals surface area contributed by atoms with Gasteiger partial charge in [0.25, 0.3) is 3.79 Å². The number of carbonyl (C=O) groups is 1. The number of halogens is 4. The molecule has 2 rings (SSSR count). The van der Waals surface area contributed by atoms with Crippen LogP contribution in [0.4, 0.5) is 15.8 Å². The van der Waals surface area contributed by atoms with Crippen molar-refractivity contribution in [1.29, 1.82) is 0 Å². The van der Waals surface area contributed by atoms with Crippen molar-refractivity contribution < 1.29 is 13.9 Å². The molecule has 0 unspecified atom stereocenters. The lowest BCUT2D eigenvalue weighted by atomic mass is 10.1. The van der Waals surface area contributed by atoms with Gasteiger partial charge in [-0.05, 0) is 48.9 Å². The molecule has 25 heavy (non-hydrogen) atoms. The van der Waals surface area contributed by atoms with Crippen molar-refractivity contribution in [2.24, 2.45) is 10.2 Å². The van der Waals surface area contributed by atoms with Gasteiger partial charge in [-0.2, -0.15) is 10.2 Å². The number of carbonyl (C=O) groups excluding carboxylic acids is 1. The summed E-state index contributed by atoms with van der Waals surface area (Å²) in [5, 5.41) is 8.08. The first-order valence-corrected chi connectivity index (χ1v) is 8.13. The average molecular weight is 402 g/mol. The summed E-state index contributed by atoms with van der Waals surface area (Å²) in [5.74, 6) is -1.13. The first-order chi connectivity index (χ1) is 11.8. The third-order valence-corrected chi connectivity index (χ3v) is 3.41. The quantitative estimate of drug-likeness (QED) is 0.196. The molecular formula is C17H12Cl3FN2O2. The third-order valence-electron chi connectivity index (χ3n) is 2.95. The summed E-state index contributed by atoms with van der Waals surface area (Å²) in [7, 11) is 0. The normalized spacial score (nSPS) is 11.5. The Labute approximate surface area is 158 Å². The van der Waals surface area contributed by atoms with Crippen LogP contribution >= 0.6 is 34.8 Å². The number of rotatable bonds is 5. The molecule has 0 bridgehead atoms. The summed E-state index contributed by atoms with van der Waals surface area (Å²) in [5.41, 5.74) is 1.63. The zero-order chi connectivity index (χ0) is 18.4. The fraction of sp³-hybridized carbons (Fsp3) is 0.118. The van der Waals surface area contributed by atoms with Gasteiger partial charge in [0.15, 0.2) is 0 Å². The van der Waals surface area contributed by atoms with Gasteiger partial charge in [-0.1, -0.05) is 40.9 Å². The molecule has 0 saturated carbocycles. The summed E-state index contributed by atoms with van der Waals surface area (Å²) >= 11 is 16.5. The first-order valence-electron chi connectivity index (χ1n) is 6.99. The number of alkyl halides is 3. The van der Waals surface area contributed by atoms with E-state index in [1.54, 1.807) is 18.2 Å². The van der Waals surface area contributed by atoms with Crippen molar-refractivity contribution in [3.63, 3.8) is 0 Å². The Morgan fingerprint density at radius 3 is 2.32 bits per heavy atom. The Hall–Kier alpha value is -1.95. The fourth-order valence-electron chi connectivity index (χ4n) is 1.82. The van der Waals surface area contributed by atoms with E-state index in [0.717, 1.165) is 0 Å². The molecule has 2 aromatic carbocycles. The van der Waals surface area contributed by atoms with Gasteiger partial charge in [-0.3, -0.25) is 0 Å². The van der Waals surface area contributed by atoms with E-state index in [-0.39, 0.29) is 11.6 Å². The van der Waals surface area contributed by atoms with Gasteiger partial charge in [0.05, 0.1) is 11.4 Å². The summed E-state index contributed by atoms with van der Waals surface area (Å²) in [6, 6.07) is 10.3. The lowest BCUT2D eigenvalue weighted by Gasteiger charge is -2.13. The maximum absolute atomic E-state index is 12.9. The molecule has 0 amide bonds. The molecule has 0 spiro atoms. The van der Waals surface area contributed by atoms with Crippen LogP contribution in [0.1, 0.15) is 5.56 Å². The molecule has 0 aliphatic rings. The molecule has 4 nitrogen and oxygen atoms in total. The van der Waals surface area contributed by atoms with Gasteiger partial charge in [-0.25, -0.2) is 9.18 Å². The minimum absolute atomic E-state index is 0.233. The minimum Gasteiger partial charge on any atom is -0.423 e. The molecule has 0 aliphatic carbocycles. The predicted octanol–water partition coefficient (Wildman–Crippen LogP) is 6.25. The molecule has 8 heteroatoms. The van der Waals surface area contributed by atoms with Gasteiger partial charge in [0.1, 0.15) is 11.6 Å². The van der Waals surface area contributed by atoms with Crippen LogP contribution in [-0.2, 0) is 11.2 Å². The van der Waals surface area contributed by atoms with Crippen LogP contribution < -0.4 is 4.74 Å². The SMILES string of the molecule is C=CCc1cc(N=Nc2ccc(F)cc2)ccc1OC(=O)C(Cl)(Cl)Cl. The van der Waals surface area contributed by atoms with Crippen molar-refractivity contribution >= 4 is 52.1 Å². The largest absolute Gasteiger partial charge is 0.423 e. The highest BCUT2D eigenvalue weighted by Gasteiger charge is 2.33. The summed E-state index contributed by atoms with van der Waals surface area (Å²) in [6.07, 6.45) is 2.03. The number of azo groups is 1. The fourth-order valence-corrected chi connectivity index (χ4v) is 1.94. The summed E-state index contributed by atoms with van der Waals surface area (Å²) in [6.45, 7) is 3.65. The van der Waals surface area contributed by atoms with Gasteiger partial charge in [0.2, 0.25) is 0 Å². The molecule has 130 valence electrons. The highest BCUT2D eigenvalue weighted by molar-refractivity contribution is 6.75. The standard InChI is InChI=1S/C17H12Cl3FN2O2/c1-2-3-11-10-14(23-22-13-6-4-12(21)5-7-13)8-9-15(11)25-16(24)17(18,19)20/h2,4-10H,1,3H2. The maximum Gasteiger partial charge on any atom is 0.363 e. The van der Waals surface area contributed by atoms with Crippen LogP contribution in [0.5, 0.6) is 5.75 Å². The topological polar surface area (TPSA) is 51.0 Å². The lowest BCUT2D eigenvalue weighted by Crippen LogP contribution is -2.25. The predicted molar refractivity (Wildman–Crippen MR) is 96.8 cm³/mol. The number of ether oxygens (including phenoxy) is 1. The maximum atomic E-state index is 12.9. The van der Waals surface area contributed by atoms with Crippen molar-refractivity contribution in [1.82, 2.24) is 0 Å². The average Bonchev–Trinajstić information content (AvgIpc) is 2.55. The van der Waals surface area contributed by atoms with E-state index in [1.807, 2.05) is 0 Å². The molecule has 0 fully saturated rings. The van der Waals surface area contributed by atoms with Crippen LogP contribution in [0.15, 0.2) is 65.3 Å². The zero-order valence-electron chi connectivity index (χ0n) is 12.8. The van der Waals surface area contributed by atoms with Crippen molar-refractivity contribution in [2.45, 2.75) is 10.2 Å². The summed E-state index contributed by atoms with van der Waals surface area (Å²) in [4.78, 5) is 11.7. The highest BCUT2D eigenvalue weighted by Crippen LogP contribution is 2.32. The Kier molecular flexibility index (Phi) is 6.53. The van der Waals surface area contributed by atoms with Crippen LogP contribution in [0.2, 0.25) is 0 Å². The molecule has 0 atom stereocenters. The lowest BCUT2D eigenvalue weighted by molar-refractivity contribution is -0.133. The molecule has 2 aromatic rings. The Morgan fingerprint density at radius 1 is 1.12 bits per heavy atom. The van der Waals surface area contributed by atoms with Crippen molar-refractivity contribution in [3.8, 4) is 5.75 Å². The van der Waals surface area contributed by atoms with E-state index in [0.29, 0.717) is 23.4 Å². The van der Waals surface area contributed by atoms with E-state index in [1.165, 1.54) is 30.3 Å². The second kappa shape index (κ2) is 8.43. The van der Waals surface area contributed by atoms with Crippen molar-refractivity contribution in [2.75, 3.05) is 0 Å². The number of benzene rings is 2. The van der Waals surface area contributed by atoms with E-state index in [9.17, 15) is 9.18 Å². The number of nitrogens with zero attached hydrogens (tertiary/aromatic N) is 2.